The van der Waals surface area contributed by atoms with E-state index in [4.69, 9.17) is 4.74 Å². The summed E-state index contributed by atoms with van der Waals surface area (Å²) in [5.74, 6) is 0.0553. The zero-order chi connectivity index (χ0) is 22.7. The van der Waals surface area contributed by atoms with Crippen LogP contribution in [0.15, 0.2) is 71.9 Å². The van der Waals surface area contributed by atoms with Gasteiger partial charge in [-0.15, -0.1) is 11.8 Å². The number of para-hydroxylation sites is 1. The van der Waals surface area contributed by atoms with E-state index in [0.717, 1.165) is 11.0 Å². The lowest BCUT2D eigenvalue weighted by Crippen LogP contribution is -2.42. The lowest BCUT2D eigenvalue weighted by molar-refractivity contribution is -0.138. The summed E-state index contributed by atoms with van der Waals surface area (Å²) in [6.45, 7) is 0.294. The number of benzene rings is 2. The first-order valence-corrected chi connectivity index (χ1v) is 10.8. The van der Waals surface area contributed by atoms with Crippen LogP contribution in [0.25, 0.3) is 0 Å². The van der Waals surface area contributed by atoms with Crippen LogP contribution in [-0.4, -0.2) is 30.5 Å². The van der Waals surface area contributed by atoms with E-state index in [1.54, 1.807) is 29.4 Å². The van der Waals surface area contributed by atoms with Gasteiger partial charge in [-0.05, 0) is 48.4 Å². The van der Waals surface area contributed by atoms with E-state index >= 15 is 0 Å². The predicted molar refractivity (Wildman–Crippen MR) is 118 cm³/mol. The summed E-state index contributed by atoms with van der Waals surface area (Å²) in [6.07, 6.45) is -0.802. The Morgan fingerprint density at radius 3 is 2.53 bits per heavy atom. The molecular weight excluding hydrogens is 439 g/mol. The molecule has 5 nitrogen and oxygen atoms in total. The molecule has 0 spiro atoms. The molecule has 0 saturated carbocycles. The minimum absolute atomic E-state index is 0.237. The SMILES string of the molecule is COc1cc2c(cc1C(F)(F)F)N(C(=O)N(CSc1ccncc1)c1ccccc1)CC2. The van der Waals surface area contributed by atoms with Gasteiger partial charge in [0.25, 0.3) is 0 Å². The van der Waals surface area contributed by atoms with Gasteiger partial charge in [-0.3, -0.25) is 14.8 Å². The van der Waals surface area contributed by atoms with E-state index in [9.17, 15) is 18.0 Å². The Bertz CT molecular complexity index is 1090. The van der Waals surface area contributed by atoms with E-state index in [1.807, 2.05) is 30.3 Å². The van der Waals surface area contributed by atoms with Crippen LogP contribution in [0.2, 0.25) is 0 Å². The van der Waals surface area contributed by atoms with Crippen LogP contribution in [0.1, 0.15) is 11.1 Å². The molecule has 2 aromatic carbocycles. The van der Waals surface area contributed by atoms with Crippen LogP contribution in [0, 0.1) is 0 Å². The van der Waals surface area contributed by atoms with Crippen molar-refractivity contribution in [2.24, 2.45) is 0 Å². The van der Waals surface area contributed by atoms with Crippen LogP contribution >= 0.6 is 11.8 Å². The molecule has 0 aliphatic carbocycles. The van der Waals surface area contributed by atoms with E-state index in [-0.39, 0.29) is 17.5 Å². The summed E-state index contributed by atoms with van der Waals surface area (Å²) in [6, 6.07) is 14.8. The number of anilines is 2. The number of hydrogen-bond donors (Lipinski definition) is 0. The monoisotopic (exact) mass is 459 g/mol. The molecule has 1 aliphatic heterocycles. The van der Waals surface area contributed by atoms with Crippen molar-refractivity contribution >= 4 is 29.2 Å². The van der Waals surface area contributed by atoms with Crippen molar-refractivity contribution in [3.8, 4) is 5.75 Å². The third-order valence-electron chi connectivity index (χ3n) is 5.14. The summed E-state index contributed by atoms with van der Waals surface area (Å²) in [5, 5.41) is 0. The molecule has 2 heterocycles. The Hall–Kier alpha value is -3.20. The van der Waals surface area contributed by atoms with E-state index < -0.39 is 11.7 Å². The fourth-order valence-corrected chi connectivity index (χ4v) is 4.42. The molecule has 1 aromatic heterocycles. The number of nitrogens with zero attached hydrogens (tertiary/aromatic N) is 3. The number of urea groups is 1. The first-order chi connectivity index (χ1) is 15.4. The second-order valence-corrected chi connectivity index (χ2v) is 8.10. The molecule has 0 bridgehead atoms. The second kappa shape index (κ2) is 9.12. The fraction of sp³-hybridized carbons (Fsp3) is 0.217. The third-order valence-corrected chi connectivity index (χ3v) is 6.13. The van der Waals surface area contributed by atoms with Gasteiger partial charge in [0.2, 0.25) is 0 Å². The average Bonchev–Trinajstić information content (AvgIpc) is 3.22. The van der Waals surface area contributed by atoms with Gasteiger partial charge >= 0.3 is 12.2 Å². The summed E-state index contributed by atoms with van der Waals surface area (Å²) < 4.78 is 45.6. The number of fused-ring (bicyclic) bond motifs is 1. The van der Waals surface area contributed by atoms with Gasteiger partial charge < -0.3 is 4.74 Å². The molecule has 0 saturated heterocycles. The van der Waals surface area contributed by atoms with Crippen LogP contribution in [0.5, 0.6) is 5.75 Å². The van der Waals surface area contributed by atoms with Crippen LogP contribution in [0.4, 0.5) is 29.3 Å². The molecule has 3 aromatic rings. The minimum atomic E-state index is -4.59. The van der Waals surface area contributed by atoms with Crippen molar-refractivity contribution in [1.29, 1.82) is 0 Å². The predicted octanol–water partition coefficient (Wildman–Crippen LogP) is 5.85. The molecule has 166 valence electrons. The number of carbonyl (C=O) groups is 1. The Balaban J connectivity index is 1.67. The average molecular weight is 459 g/mol. The summed E-state index contributed by atoms with van der Waals surface area (Å²) >= 11 is 1.44. The summed E-state index contributed by atoms with van der Waals surface area (Å²) in [5.41, 5.74) is 0.684. The number of halogens is 3. The first-order valence-electron chi connectivity index (χ1n) is 9.83. The number of amides is 2. The van der Waals surface area contributed by atoms with Gasteiger partial charge in [-0.2, -0.15) is 13.2 Å². The van der Waals surface area contributed by atoms with Crippen molar-refractivity contribution in [3.63, 3.8) is 0 Å². The number of ether oxygens (including phenoxy) is 1. The number of aromatic nitrogens is 1. The smallest absolute Gasteiger partial charge is 0.420 e. The number of methoxy groups -OCH3 is 1. The number of alkyl halides is 3. The van der Waals surface area contributed by atoms with Gasteiger partial charge in [0, 0.05) is 35.2 Å². The first kappa shape index (κ1) is 22.0. The molecule has 0 unspecified atom stereocenters. The van der Waals surface area contributed by atoms with E-state index in [2.05, 4.69) is 4.98 Å². The maximum absolute atomic E-state index is 13.6. The summed E-state index contributed by atoms with van der Waals surface area (Å²) in [7, 11) is 1.21. The molecule has 32 heavy (non-hydrogen) atoms. The maximum atomic E-state index is 13.6. The highest BCUT2D eigenvalue weighted by molar-refractivity contribution is 7.99. The third kappa shape index (κ3) is 4.52. The molecule has 0 fully saturated rings. The molecule has 0 atom stereocenters. The zero-order valence-corrected chi connectivity index (χ0v) is 18.0. The molecule has 9 heteroatoms. The second-order valence-electron chi connectivity index (χ2n) is 7.08. The van der Waals surface area contributed by atoms with Gasteiger partial charge in [0.05, 0.1) is 18.6 Å². The quantitative estimate of drug-likeness (QED) is 0.355. The van der Waals surface area contributed by atoms with Gasteiger partial charge in [0.1, 0.15) is 5.75 Å². The van der Waals surface area contributed by atoms with Crippen LogP contribution < -0.4 is 14.5 Å². The number of pyridine rings is 1. The topological polar surface area (TPSA) is 45.7 Å². The Labute approximate surface area is 187 Å². The highest BCUT2D eigenvalue weighted by Gasteiger charge is 2.38. The highest BCUT2D eigenvalue weighted by atomic mass is 32.2. The van der Waals surface area contributed by atoms with Crippen molar-refractivity contribution in [3.05, 3.63) is 78.1 Å². The lowest BCUT2D eigenvalue weighted by atomic mass is 10.1. The maximum Gasteiger partial charge on any atom is 0.420 e. The zero-order valence-electron chi connectivity index (χ0n) is 17.2. The largest absolute Gasteiger partial charge is 0.496 e. The van der Waals surface area contributed by atoms with Gasteiger partial charge in [0.15, 0.2) is 0 Å². The lowest BCUT2D eigenvalue weighted by Gasteiger charge is -2.29. The Morgan fingerprint density at radius 1 is 1.16 bits per heavy atom. The van der Waals surface area contributed by atoms with Crippen LogP contribution in [-0.2, 0) is 12.6 Å². The molecule has 0 N–H and O–H groups in total. The molecule has 4 rings (SSSR count). The minimum Gasteiger partial charge on any atom is -0.496 e. The van der Waals surface area contributed by atoms with Crippen molar-refractivity contribution in [1.82, 2.24) is 4.98 Å². The van der Waals surface area contributed by atoms with Crippen molar-refractivity contribution in [2.45, 2.75) is 17.5 Å². The van der Waals surface area contributed by atoms with E-state index in [1.165, 1.54) is 29.8 Å². The molecule has 2 amide bonds. The number of thioether (sulfide) groups is 1. The van der Waals surface area contributed by atoms with Crippen molar-refractivity contribution in [2.75, 3.05) is 29.3 Å². The number of carbonyl (C=O) groups excluding carboxylic acids is 1. The van der Waals surface area contributed by atoms with E-state index in [0.29, 0.717) is 30.1 Å². The fourth-order valence-electron chi connectivity index (χ4n) is 3.57. The summed E-state index contributed by atoms with van der Waals surface area (Å²) in [4.78, 5) is 21.5. The Kier molecular flexibility index (Phi) is 6.27. The molecule has 1 aliphatic rings. The van der Waals surface area contributed by atoms with Gasteiger partial charge in [-0.25, -0.2) is 4.79 Å². The normalized spacial score (nSPS) is 13.1. The number of rotatable bonds is 5. The highest BCUT2D eigenvalue weighted by Crippen LogP contribution is 2.42. The molecule has 0 radical (unpaired) electrons. The van der Waals surface area contributed by atoms with Gasteiger partial charge in [-0.1, -0.05) is 18.2 Å². The Morgan fingerprint density at radius 2 is 1.88 bits per heavy atom. The number of hydrogen-bond acceptors (Lipinski definition) is 4. The molecular formula is C23H20F3N3O2S. The van der Waals surface area contributed by atoms with Crippen LogP contribution in [0.3, 0.4) is 0 Å². The van der Waals surface area contributed by atoms with Crippen molar-refractivity contribution < 1.29 is 22.7 Å². The standard InChI is InChI=1S/C23H20F3N3O2S/c1-31-21-13-16-9-12-28(20(16)14-19(21)23(24,25)26)22(30)29(17-5-3-2-4-6-17)15-32-18-7-10-27-11-8-18/h2-8,10-11,13-14H,9,12,15H2,1H3.